The Morgan fingerprint density at radius 1 is 0.750 bits per heavy atom. The lowest BCUT2D eigenvalue weighted by Crippen LogP contribution is -2.13. The summed E-state index contributed by atoms with van der Waals surface area (Å²) in [5, 5.41) is 14.8. The molecule has 0 bridgehead atoms. The predicted octanol–water partition coefficient (Wildman–Crippen LogP) is 5.62. The maximum atomic E-state index is 6.35. The summed E-state index contributed by atoms with van der Waals surface area (Å²) in [5.74, 6) is 1.41. The predicted molar refractivity (Wildman–Crippen MR) is 115 cm³/mol. The molecular weight excluding hydrogens is 388 g/mol. The van der Waals surface area contributed by atoms with Crippen LogP contribution in [0.2, 0.25) is 5.02 Å². The number of nitrogens with zero attached hydrogens (tertiary/aromatic N) is 4. The van der Waals surface area contributed by atoms with Gasteiger partial charge in [-0.25, -0.2) is 0 Å². The molecule has 2 heterocycles. The van der Waals surface area contributed by atoms with E-state index in [0.29, 0.717) is 10.8 Å². The first-order valence-corrected chi connectivity index (χ1v) is 10.2. The van der Waals surface area contributed by atoms with E-state index in [2.05, 4.69) is 58.7 Å². The number of hydrogen-bond donors (Lipinski definition) is 0. The van der Waals surface area contributed by atoms with E-state index in [9.17, 15) is 0 Å². The Bertz CT molecular complexity index is 1170. The van der Waals surface area contributed by atoms with Crippen molar-refractivity contribution in [3.05, 3.63) is 89.4 Å². The molecule has 6 heteroatoms. The van der Waals surface area contributed by atoms with Crippen molar-refractivity contribution in [1.29, 1.82) is 0 Å². The molecule has 0 atom stereocenters. The molecule has 0 fully saturated rings. The zero-order valence-electron chi connectivity index (χ0n) is 14.8. The normalized spacial score (nSPS) is 13.1. The average Bonchev–Trinajstić information content (AvgIpc) is 3.18. The van der Waals surface area contributed by atoms with Crippen LogP contribution in [0.5, 0.6) is 0 Å². The van der Waals surface area contributed by atoms with Crippen LogP contribution >= 0.6 is 23.4 Å². The third-order valence-electron chi connectivity index (χ3n) is 4.61. The Morgan fingerprint density at radius 3 is 2.21 bits per heavy atom. The van der Waals surface area contributed by atoms with Gasteiger partial charge < -0.3 is 0 Å². The first-order valence-electron chi connectivity index (χ1n) is 8.86. The molecule has 0 unspecified atom stereocenters. The Morgan fingerprint density at radius 2 is 1.43 bits per heavy atom. The summed E-state index contributed by atoms with van der Waals surface area (Å²) in [6, 6.07) is 26.5. The standard InChI is InChI=1S/C22H15ClN4S/c23-19-9-5-4-8-18(19)21-24-25-22-27(21)26-20(14-28-22)17-12-10-16(11-13-17)15-6-2-1-3-7-15/h1-13H,14H2. The van der Waals surface area contributed by atoms with Gasteiger partial charge in [-0.15, -0.1) is 10.2 Å². The molecule has 3 aromatic carbocycles. The number of hydrogen-bond acceptors (Lipinski definition) is 4. The van der Waals surface area contributed by atoms with E-state index in [1.807, 2.05) is 30.3 Å². The molecule has 0 saturated heterocycles. The van der Waals surface area contributed by atoms with Crippen LogP contribution in [0.15, 0.2) is 89.1 Å². The van der Waals surface area contributed by atoms with Crippen LogP contribution in [-0.2, 0) is 0 Å². The lowest BCUT2D eigenvalue weighted by Gasteiger charge is -2.14. The van der Waals surface area contributed by atoms with Crippen LogP contribution in [0.1, 0.15) is 5.56 Å². The topological polar surface area (TPSA) is 43.1 Å². The molecule has 0 N–H and O–H groups in total. The van der Waals surface area contributed by atoms with Gasteiger partial charge in [-0.1, -0.05) is 90.1 Å². The largest absolute Gasteiger partial charge is 0.212 e. The van der Waals surface area contributed by atoms with Crippen LogP contribution in [0.4, 0.5) is 0 Å². The Kier molecular flexibility index (Phi) is 4.47. The second-order valence-corrected chi connectivity index (χ2v) is 7.73. The first-order chi connectivity index (χ1) is 13.8. The molecule has 0 radical (unpaired) electrons. The minimum atomic E-state index is 0.636. The highest BCUT2D eigenvalue weighted by Gasteiger charge is 2.21. The Balaban J connectivity index is 1.51. The molecule has 0 aliphatic carbocycles. The molecule has 5 rings (SSSR count). The van der Waals surface area contributed by atoms with Crippen LogP contribution in [0, 0.1) is 0 Å². The molecule has 0 spiro atoms. The van der Waals surface area contributed by atoms with Crippen molar-refractivity contribution >= 4 is 29.1 Å². The SMILES string of the molecule is Clc1ccccc1-c1nnc2n1N=C(c1ccc(-c3ccccc3)cc1)CS2. The summed E-state index contributed by atoms with van der Waals surface area (Å²) in [6.45, 7) is 0. The minimum absolute atomic E-state index is 0.636. The van der Waals surface area contributed by atoms with Crippen LogP contribution in [-0.4, -0.2) is 26.3 Å². The number of rotatable bonds is 3. The summed E-state index contributed by atoms with van der Waals surface area (Å²) < 4.78 is 1.79. The van der Waals surface area contributed by atoms with Gasteiger partial charge in [0.25, 0.3) is 0 Å². The molecule has 0 saturated carbocycles. The van der Waals surface area contributed by atoms with Crippen molar-refractivity contribution in [3.8, 4) is 22.5 Å². The van der Waals surface area contributed by atoms with E-state index >= 15 is 0 Å². The summed E-state index contributed by atoms with van der Waals surface area (Å²) in [6.07, 6.45) is 0. The van der Waals surface area contributed by atoms with Crippen molar-refractivity contribution in [2.75, 3.05) is 5.75 Å². The van der Waals surface area contributed by atoms with Crippen LogP contribution in [0.25, 0.3) is 22.5 Å². The van der Waals surface area contributed by atoms with E-state index in [1.54, 1.807) is 16.4 Å². The van der Waals surface area contributed by atoms with Gasteiger partial charge in [-0.3, -0.25) is 0 Å². The summed E-state index contributed by atoms with van der Waals surface area (Å²) >= 11 is 7.98. The molecule has 1 aromatic heterocycles. The molecule has 28 heavy (non-hydrogen) atoms. The van der Waals surface area contributed by atoms with E-state index < -0.39 is 0 Å². The average molecular weight is 403 g/mol. The van der Waals surface area contributed by atoms with Gasteiger partial charge in [-0.05, 0) is 28.8 Å². The molecular formula is C22H15ClN4S. The van der Waals surface area contributed by atoms with Crippen molar-refractivity contribution < 1.29 is 0 Å². The molecule has 0 amide bonds. The van der Waals surface area contributed by atoms with Gasteiger partial charge in [0, 0.05) is 11.3 Å². The van der Waals surface area contributed by atoms with E-state index in [1.165, 1.54) is 11.1 Å². The summed E-state index contributed by atoms with van der Waals surface area (Å²) in [5.41, 5.74) is 5.31. The number of halogens is 1. The number of fused-ring (bicyclic) bond motifs is 1. The summed E-state index contributed by atoms with van der Waals surface area (Å²) in [7, 11) is 0. The minimum Gasteiger partial charge on any atom is -0.186 e. The zero-order chi connectivity index (χ0) is 18.9. The van der Waals surface area contributed by atoms with Gasteiger partial charge in [0.15, 0.2) is 5.82 Å². The number of benzene rings is 3. The van der Waals surface area contributed by atoms with Gasteiger partial charge in [0.1, 0.15) is 0 Å². The Labute approximate surface area is 171 Å². The fourth-order valence-corrected chi connectivity index (χ4v) is 4.22. The molecule has 4 nitrogen and oxygen atoms in total. The highest BCUT2D eigenvalue weighted by atomic mass is 35.5. The second-order valence-electron chi connectivity index (χ2n) is 6.38. The van der Waals surface area contributed by atoms with Crippen molar-refractivity contribution in [2.24, 2.45) is 5.10 Å². The maximum Gasteiger partial charge on any atom is 0.212 e. The maximum absolute atomic E-state index is 6.35. The molecule has 1 aliphatic heterocycles. The van der Waals surface area contributed by atoms with Gasteiger partial charge in [-0.2, -0.15) is 9.78 Å². The van der Waals surface area contributed by atoms with E-state index in [-0.39, 0.29) is 0 Å². The highest BCUT2D eigenvalue weighted by Crippen LogP contribution is 2.32. The zero-order valence-corrected chi connectivity index (χ0v) is 16.4. The van der Waals surface area contributed by atoms with Crippen LogP contribution < -0.4 is 0 Å². The van der Waals surface area contributed by atoms with Crippen molar-refractivity contribution in [1.82, 2.24) is 14.9 Å². The van der Waals surface area contributed by atoms with Crippen molar-refractivity contribution in [2.45, 2.75) is 5.16 Å². The molecule has 136 valence electrons. The number of thioether (sulfide) groups is 1. The highest BCUT2D eigenvalue weighted by molar-refractivity contribution is 7.99. The lowest BCUT2D eigenvalue weighted by molar-refractivity contribution is 0.762. The number of aromatic nitrogens is 3. The monoisotopic (exact) mass is 402 g/mol. The second kappa shape index (κ2) is 7.26. The molecule has 4 aromatic rings. The first kappa shape index (κ1) is 17.2. The third-order valence-corrected chi connectivity index (χ3v) is 5.87. The smallest absolute Gasteiger partial charge is 0.186 e. The lowest BCUT2D eigenvalue weighted by atomic mass is 10.0. The Hall–Kier alpha value is -2.89. The van der Waals surface area contributed by atoms with Crippen molar-refractivity contribution in [3.63, 3.8) is 0 Å². The fraction of sp³-hybridized carbons (Fsp3) is 0.0455. The fourth-order valence-electron chi connectivity index (χ4n) is 3.17. The van der Waals surface area contributed by atoms with Gasteiger partial charge in [0.05, 0.1) is 10.7 Å². The third kappa shape index (κ3) is 3.13. The van der Waals surface area contributed by atoms with Crippen LogP contribution in [0.3, 0.4) is 0 Å². The molecule has 1 aliphatic rings. The summed E-state index contributed by atoms with van der Waals surface area (Å²) in [4.78, 5) is 0. The van der Waals surface area contributed by atoms with Gasteiger partial charge >= 0.3 is 0 Å². The van der Waals surface area contributed by atoms with Gasteiger partial charge in [0.2, 0.25) is 5.16 Å². The van der Waals surface area contributed by atoms with E-state index in [0.717, 1.165) is 27.7 Å². The van der Waals surface area contributed by atoms with E-state index in [4.69, 9.17) is 16.7 Å². The quantitative estimate of drug-likeness (QED) is 0.446.